The highest BCUT2D eigenvalue weighted by Crippen LogP contribution is 2.49. The number of β-amino-alcohol motifs (C(OH)–C–C–N with tert-alkyl or cyclic N) is 1. The first kappa shape index (κ1) is 38.8. The fraction of sp³-hybridized carbons (Fsp3) is 0.524. The highest BCUT2D eigenvalue weighted by molar-refractivity contribution is 6.04. The normalized spacial score (nSPS) is 25.4. The van der Waals surface area contributed by atoms with Gasteiger partial charge in [0.25, 0.3) is 0 Å². The van der Waals surface area contributed by atoms with Gasteiger partial charge in [-0.25, -0.2) is 18.6 Å². The van der Waals surface area contributed by atoms with Gasteiger partial charge in [0.05, 0.1) is 46.1 Å². The van der Waals surface area contributed by atoms with Crippen LogP contribution >= 0.6 is 0 Å². The Bertz CT molecular complexity index is 2250. The quantitative estimate of drug-likeness (QED) is 0.218. The van der Waals surface area contributed by atoms with Gasteiger partial charge in [-0.15, -0.1) is 6.42 Å². The number of halogens is 2. The van der Waals surface area contributed by atoms with E-state index in [0.29, 0.717) is 37.5 Å². The van der Waals surface area contributed by atoms with Crippen LogP contribution in [0.4, 0.5) is 19.4 Å². The number of aromatic nitrogens is 3. The van der Waals surface area contributed by atoms with Crippen molar-refractivity contribution in [1.29, 1.82) is 0 Å². The summed E-state index contributed by atoms with van der Waals surface area (Å²) in [6.07, 6.45) is 11.3. The predicted molar refractivity (Wildman–Crippen MR) is 208 cm³/mol. The van der Waals surface area contributed by atoms with Gasteiger partial charge in [0.15, 0.2) is 5.82 Å². The lowest BCUT2D eigenvalue weighted by Gasteiger charge is -2.47. The Morgan fingerprint density at radius 2 is 1.91 bits per heavy atom. The number of amides is 1. The van der Waals surface area contributed by atoms with E-state index < -0.39 is 17.2 Å². The van der Waals surface area contributed by atoms with E-state index in [1.165, 1.54) is 38.5 Å². The molecule has 5 heterocycles. The van der Waals surface area contributed by atoms with Crippen molar-refractivity contribution in [3.05, 3.63) is 41.5 Å². The van der Waals surface area contributed by atoms with Crippen LogP contribution in [0.5, 0.6) is 17.6 Å². The first-order valence-electron chi connectivity index (χ1n) is 19.6. The topological polar surface area (TPSA) is 143 Å². The highest BCUT2D eigenvalue weighted by Gasteiger charge is 2.49. The van der Waals surface area contributed by atoms with Crippen molar-refractivity contribution < 1.29 is 42.7 Å². The molecule has 0 spiro atoms. The van der Waals surface area contributed by atoms with E-state index in [2.05, 4.69) is 20.8 Å². The Labute approximate surface area is 329 Å². The third kappa shape index (κ3) is 7.23. The molecule has 0 unspecified atom stereocenters. The first-order valence-corrected chi connectivity index (χ1v) is 19.6. The molecule has 2 aromatic carbocycles. The minimum atomic E-state index is -1.26. The van der Waals surface area contributed by atoms with Crippen LogP contribution in [-0.2, 0) is 9.47 Å². The molecule has 4 aromatic rings. The second-order valence-electron chi connectivity index (χ2n) is 16.2. The monoisotopic (exact) mass is 786 g/mol. The number of pyridine rings is 1. The van der Waals surface area contributed by atoms with Crippen molar-refractivity contribution >= 4 is 33.6 Å². The third-order valence-electron chi connectivity index (χ3n) is 12.2. The Kier molecular flexibility index (Phi) is 10.5. The Balaban J connectivity index is 1.20. The molecule has 8 rings (SSSR count). The molecule has 1 aliphatic carbocycles. The van der Waals surface area contributed by atoms with E-state index in [0.717, 1.165) is 51.6 Å². The number of piperidine rings is 1. The number of ether oxygens (including phenoxy) is 4. The van der Waals surface area contributed by atoms with Crippen molar-refractivity contribution in [1.82, 2.24) is 24.8 Å². The summed E-state index contributed by atoms with van der Waals surface area (Å²) >= 11 is 0. The molecule has 57 heavy (non-hydrogen) atoms. The third-order valence-corrected chi connectivity index (χ3v) is 12.2. The zero-order chi connectivity index (χ0) is 40.1. The van der Waals surface area contributed by atoms with Gasteiger partial charge in [0.1, 0.15) is 39.6 Å². The molecule has 13 nitrogen and oxygen atoms in total. The molecular weight excluding hydrogens is 738 g/mol. The van der Waals surface area contributed by atoms with Gasteiger partial charge in [-0.2, -0.15) is 9.97 Å². The molecule has 3 aliphatic heterocycles. The maximum atomic E-state index is 17.4. The number of nitrogens with zero attached hydrogens (tertiary/aromatic N) is 6. The summed E-state index contributed by atoms with van der Waals surface area (Å²) < 4.78 is 55.5. The van der Waals surface area contributed by atoms with Gasteiger partial charge >= 0.3 is 12.1 Å². The van der Waals surface area contributed by atoms with Crippen molar-refractivity contribution in [2.75, 3.05) is 78.2 Å². The lowest BCUT2D eigenvalue weighted by Crippen LogP contribution is -2.53. The largest absolute Gasteiger partial charge is 0.508 e. The van der Waals surface area contributed by atoms with Crippen LogP contribution < -0.4 is 14.4 Å². The molecule has 15 heteroatoms. The number of anilines is 1. The molecule has 0 bridgehead atoms. The molecule has 2 aromatic heterocycles. The minimum absolute atomic E-state index is 0.0297. The highest BCUT2D eigenvalue weighted by atomic mass is 19.1. The Hall–Kier alpha value is -5.04. The van der Waals surface area contributed by atoms with E-state index in [1.54, 1.807) is 16.7 Å². The number of hydrogen-bond acceptors (Lipinski definition) is 12. The average Bonchev–Trinajstić information content (AvgIpc) is 3.81. The van der Waals surface area contributed by atoms with E-state index in [9.17, 15) is 15.0 Å². The number of aromatic hydroxyl groups is 1. The molecule has 4 atom stereocenters. The molecule has 4 fully saturated rings. The summed E-state index contributed by atoms with van der Waals surface area (Å²) in [4.78, 5) is 32.5. The van der Waals surface area contributed by atoms with Crippen LogP contribution in [-0.4, -0.2) is 126 Å². The standard InChI is InChI=1S/C42H48F2N6O7/c1-5-28-30(43)10-9-26-18-27(51)19-29(32(26)28)35-34(44)36-33(38(45-35)54-3)37(50-16-17-56-23-41(2,53)22-50)47-39(46-36)57-24-42-12-6-8-31(42)48(14-7-13-42)20-25-11-15-49(21-25)40(52)55-4/h1,9-10,18-19,25,31,51,53H,6-8,11-17,20-24H2,2-4H3/t25-,31+,41-,42+/m0/s1. The lowest BCUT2D eigenvalue weighted by atomic mass is 9.75. The second kappa shape index (κ2) is 15.4. The molecule has 302 valence electrons. The van der Waals surface area contributed by atoms with E-state index in [4.69, 9.17) is 30.4 Å². The maximum absolute atomic E-state index is 17.4. The number of likely N-dealkylation sites (tertiary alicyclic amines) is 2. The molecule has 2 N–H and O–H groups in total. The van der Waals surface area contributed by atoms with Crippen LogP contribution in [0.1, 0.15) is 51.0 Å². The number of carbonyl (C=O) groups excluding carboxylic acids is 1. The number of methoxy groups -OCH3 is 2. The van der Waals surface area contributed by atoms with Crippen LogP contribution in [0.2, 0.25) is 0 Å². The SMILES string of the molecule is C#Cc1c(F)ccc2cc(O)cc(-c3nc(OC)c4c(N5CCOC[C@@](C)(O)C5)nc(OC[C@]56CCC[C@H]5N(C[C@@H]5CCN(C(=O)OC)C5)CCC6)nc4c3F)c12. The Morgan fingerprint density at radius 1 is 1.09 bits per heavy atom. The zero-order valence-electron chi connectivity index (χ0n) is 32.5. The number of benzene rings is 2. The van der Waals surface area contributed by atoms with Crippen molar-refractivity contribution in [2.24, 2.45) is 11.3 Å². The summed E-state index contributed by atoms with van der Waals surface area (Å²) in [7, 11) is 2.80. The smallest absolute Gasteiger partial charge is 0.409 e. The molecule has 1 amide bonds. The summed E-state index contributed by atoms with van der Waals surface area (Å²) in [6, 6.07) is 5.56. The Morgan fingerprint density at radius 3 is 2.70 bits per heavy atom. The number of carbonyl (C=O) groups is 1. The van der Waals surface area contributed by atoms with Gasteiger partial charge in [-0.3, -0.25) is 4.90 Å². The number of rotatable bonds is 8. The lowest BCUT2D eigenvalue weighted by molar-refractivity contribution is -0.0123. The van der Waals surface area contributed by atoms with Crippen molar-refractivity contribution in [3.63, 3.8) is 0 Å². The van der Waals surface area contributed by atoms with E-state index in [-0.39, 0.29) is 93.9 Å². The van der Waals surface area contributed by atoms with Crippen LogP contribution in [0.25, 0.3) is 32.9 Å². The molecule has 0 radical (unpaired) electrons. The van der Waals surface area contributed by atoms with E-state index in [1.807, 2.05) is 0 Å². The van der Waals surface area contributed by atoms with Crippen LogP contribution in [0.3, 0.4) is 0 Å². The van der Waals surface area contributed by atoms with Crippen LogP contribution in [0.15, 0.2) is 24.3 Å². The van der Waals surface area contributed by atoms with E-state index >= 15 is 8.78 Å². The zero-order valence-corrected chi connectivity index (χ0v) is 32.5. The van der Waals surface area contributed by atoms with Crippen LogP contribution in [0, 0.1) is 35.3 Å². The fourth-order valence-electron chi connectivity index (χ4n) is 9.71. The summed E-state index contributed by atoms with van der Waals surface area (Å²) in [5, 5.41) is 22.7. The van der Waals surface area contributed by atoms with Crippen molar-refractivity contribution in [2.45, 2.75) is 57.1 Å². The molecule has 4 aliphatic rings. The predicted octanol–water partition coefficient (Wildman–Crippen LogP) is 5.51. The molecular formula is C42H48F2N6O7. The average molecular weight is 787 g/mol. The van der Waals surface area contributed by atoms with Gasteiger partial charge in [0, 0.05) is 48.6 Å². The number of phenols is 1. The number of terminal acetylenes is 1. The minimum Gasteiger partial charge on any atom is -0.508 e. The summed E-state index contributed by atoms with van der Waals surface area (Å²) in [6.45, 7) is 5.92. The number of fused-ring (bicyclic) bond motifs is 3. The molecule has 1 saturated carbocycles. The maximum Gasteiger partial charge on any atom is 0.409 e. The molecule has 3 saturated heterocycles. The number of aliphatic hydroxyl groups is 1. The number of phenolic OH excluding ortho intramolecular Hbond substituents is 1. The summed E-state index contributed by atoms with van der Waals surface area (Å²) in [5.74, 6) is 1.17. The van der Waals surface area contributed by atoms with Gasteiger partial charge in [-0.05, 0) is 75.1 Å². The van der Waals surface area contributed by atoms with Crippen molar-refractivity contribution in [3.8, 4) is 41.2 Å². The first-order chi connectivity index (χ1) is 27.4. The second-order valence-corrected chi connectivity index (χ2v) is 16.2. The van der Waals surface area contributed by atoms with Gasteiger partial charge in [0.2, 0.25) is 5.88 Å². The van der Waals surface area contributed by atoms with Gasteiger partial charge in [-0.1, -0.05) is 18.4 Å². The number of hydrogen-bond donors (Lipinski definition) is 2. The fourth-order valence-corrected chi connectivity index (χ4v) is 9.71. The summed E-state index contributed by atoms with van der Waals surface area (Å²) in [5.41, 5.74) is -1.94. The van der Waals surface area contributed by atoms with Gasteiger partial charge < -0.3 is 39.0 Å².